The third kappa shape index (κ3) is 4.62. The molecule has 0 atom stereocenters. The fourth-order valence-electron chi connectivity index (χ4n) is 4.45. The van der Waals surface area contributed by atoms with Crippen molar-refractivity contribution in [2.24, 2.45) is 7.05 Å². The number of nitrogens with zero attached hydrogens (tertiary/aromatic N) is 6. The number of hydrogen-bond donors (Lipinski definition) is 0. The van der Waals surface area contributed by atoms with Gasteiger partial charge in [0.1, 0.15) is 29.3 Å². The molecule has 1 fully saturated rings. The Labute approximate surface area is 208 Å². The van der Waals surface area contributed by atoms with Crippen molar-refractivity contribution < 1.29 is 17.5 Å². The minimum absolute atomic E-state index is 0.0432. The van der Waals surface area contributed by atoms with Gasteiger partial charge in [-0.25, -0.2) is 27.8 Å². The number of aromatic nitrogens is 5. The fraction of sp³-hybridized carbons (Fsp3) is 0.360. The Balaban J connectivity index is 1.37. The summed E-state index contributed by atoms with van der Waals surface area (Å²) in [7, 11) is -1.69. The Hall–Kier alpha value is -3.60. The molecule has 0 N–H and O–H groups in total. The fourth-order valence-corrected chi connectivity index (χ4v) is 5.08. The van der Waals surface area contributed by atoms with Crippen molar-refractivity contribution in [2.45, 2.75) is 37.2 Å². The molecule has 0 saturated carbocycles. The molecule has 0 spiro atoms. The third-order valence-electron chi connectivity index (χ3n) is 6.48. The number of piperidine rings is 1. The second-order valence-electron chi connectivity index (χ2n) is 8.99. The van der Waals surface area contributed by atoms with Crippen molar-refractivity contribution >= 4 is 26.8 Å². The van der Waals surface area contributed by atoms with Gasteiger partial charge in [0, 0.05) is 69.0 Å². The summed E-state index contributed by atoms with van der Waals surface area (Å²) in [6, 6.07) is 3.90. The predicted molar refractivity (Wildman–Crippen MR) is 134 cm³/mol. The minimum atomic E-state index is -3.51. The normalized spacial score (nSPS) is 14.9. The summed E-state index contributed by atoms with van der Waals surface area (Å²) < 4.78 is 46.6. The minimum Gasteiger partial charge on any atom is -0.473 e. The number of rotatable bonds is 6. The third-order valence-corrected chi connectivity index (χ3v) is 7.59. The summed E-state index contributed by atoms with van der Waals surface area (Å²) in [4.78, 5) is 19.8. The molecule has 1 aliphatic heterocycles. The first-order valence-electron chi connectivity index (χ1n) is 11.8. The Bertz CT molecular complexity index is 1510. The highest BCUT2D eigenvalue weighted by Gasteiger charge is 2.25. The maximum atomic E-state index is 14.9. The first-order valence-corrected chi connectivity index (χ1v) is 13.7. The average Bonchev–Trinajstić information content (AvgIpc) is 3.21. The van der Waals surface area contributed by atoms with Crippen LogP contribution in [0.1, 0.15) is 25.3 Å². The number of anilines is 1. The van der Waals surface area contributed by atoms with Crippen molar-refractivity contribution in [3.05, 3.63) is 54.5 Å². The first kappa shape index (κ1) is 24.1. The lowest BCUT2D eigenvalue weighted by Crippen LogP contribution is -2.39. The second-order valence-corrected chi connectivity index (χ2v) is 11.0. The molecule has 1 aliphatic rings. The van der Waals surface area contributed by atoms with Crippen molar-refractivity contribution in [3.8, 4) is 17.0 Å². The highest BCUT2D eigenvalue weighted by atomic mass is 32.2. The molecule has 4 heterocycles. The molecule has 9 nitrogen and oxygen atoms in total. The molecule has 0 bridgehead atoms. The Morgan fingerprint density at radius 1 is 1.08 bits per heavy atom. The predicted octanol–water partition coefficient (Wildman–Crippen LogP) is 3.58. The second kappa shape index (κ2) is 9.45. The molecule has 0 radical (unpaired) electrons. The van der Waals surface area contributed by atoms with E-state index in [4.69, 9.17) is 4.74 Å². The lowest BCUT2D eigenvalue weighted by Gasteiger charge is -2.32. The zero-order valence-electron chi connectivity index (χ0n) is 20.3. The van der Waals surface area contributed by atoms with Crippen molar-refractivity contribution in [1.29, 1.82) is 0 Å². The van der Waals surface area contributed by atoms with Gasteiger partial charge in [-0.05, 0) is 24.1 Å². The lowest BCUT2D eigenvalue weighted by molar-refractivity contribution is 0.165. The van der Waals surface area contributed by atoms with Gasteiger partial charge in [-0.1, -0.05) is 13.0 Å². The van der Waals surface area contributed by atoms with E-state index in [2.05, 4.69) is 31.8 Å². The van der Waals surface area contributed by atoms with Crippen molar-refractivity contribution in [2.75, 3.05) is 24.2 Å². The first-order chi connectivity index (χ1) is 17.2. The van der Waals surface area contributed by atoms with Crippen LogP contribution in [0, 0.1) is 5.82 Å². The number of benzene rings is 1. The zero-order chi connectivity index (χ0) is 25.4. The summed E-state index contributed by atoms with van der Waals surface area (Å²) in [6.07, 6.45) is 10.4. The van der Waals surface area contributed by atoms with Crippen LogP contribution in [0.25, 0.3) is 22.2 Å². The molecule has 0 aliphatic carbocycles. The van der Waals surface area contributed by atoms with Crippen LogP contribution in [0.15, 0.2) is 48.0 Å². The maximum Gasteiger partial charge on any atom is 0.242 e. The van der Waals surface area contributed by atoms with Gasteiger partial charge in [0.2, 0.25) is 11.8 Å². The van der Waals surface area contributed by atoms with Crippen molar-refractivity contribution in [1.82, 2.24) is 24.5 Å². The molecule has 1 saturated heterocycles. The summed E-state index contributed by atoms with van der Waals surface area (Å²) >= 11 is 0. The van der Waals surface area contributed by atoms with Gasteiger partial charge in [-0.3, -0.25) is 0 Å². The molecule has 11 heteroatoms. The molecule has 0 unspecified atom stereocenters. The number of ether oxygens (including phenoxy) is 1. The molecule has 1 aromatic carbocycles. The summed E-state index contributed by atoms with van der Waals surface area (Å²) in [6.45, 7) is 3.60. The van der Waals surface area contributed by atoms with Crippen LogP contribution in [0.4, 0.5) is 10.3 Å². The van der Waals surface area contributed by atoms with Crippen LogP contribution < -0.4 is 9.64 Å². The van der Waals surface area contributed by atoms with E-state index in [9.17, 15) is 12.8 Å². The molecule has 5 rings (SSSR count). The quantitative estimate of drug-likeness (QED) is 0.388. The topological polar surface area (TPSA) is 103 Å². The van der Waals surface area contributed by atoms with Gasteiger partial charge in [0.15, 0.2) is 9.84 Å². The highest BCUT2D eigenvalue weighted by molar-refractivity contribution is 7.90. The summed E-state index contributed by atoms with van der Waals surface area (Å²) in [5.74, 6) is 0.531. The van der Waals surface area contributed by atoms with E-state index in [1.807, 2.05) is 24.0 Å². The van der Waals surface area contributed by atoms with Crippen LogP contribution in [0.2, 0.25) is 0 Å². The van der Waals surface area contributed by atoms with Gasteiger partial charge >= 0.3 is 0 Å². The monoisotopic (exact) mass is 510 g/mol. The molecule has 0 amide bonds. The van der Waals surface area contributed by atoms with Crippen LogP contribution in [0.3, 0.4) is 0 Å². The number of sulfone groups is 1. The number of aryl methyl sites for hydroxylation is 2. The zero-order valence-corrected chi connectivity index (χ0v) is 21.2. The van der Waals surface area contributed by atoms with Crippen molar-refractivity contribution in [3.63, 3.8) is 0 Å². The van der Waals surface area contributed by atoms with Crippen LogP contribution in [-0.2, 0) is 23.3 Å². The Morgan fingerprint density at radius 2 is 1.81 bits per heavy atom. The lowest BCUT2D eigenvalue weighted by atomic mass is 10.1. The largest absolute Gasteiger partial charge is 0.473 e. The van der Waals surface area contributed by atoms with Gasteiger partial charge in [-0.2, -0.15) is 4.98 Å². The van der Waals surface area contributed by atoms with Crippen LogP contribution >= 0.6 is 0 Å². The standard InChI is InChI=1S/C25H27FN6O3S/c1-4-16-12-27-25(28-13-16)32-9-7-17(8-10-32)35-24-23-22(29-15-30-24)20(14-31(23)2)19-6-5-18(11-21(19)26)36(3,33)34/h5-6,11-15,17H,4,7-10H2,1-3H3. The van der Waals surface area contributed by atoms with Gasteiger partial charge < -0.3 is 14.2 Å². The molecule has 3 aromatic heterocycles. The van der Waals surface area contributed by atoms with Crippen LogP contribution in [0.5, 0.6) is 5.88 Å². The number of fused-ring (bicyclic) bond motifs is 1. The number of hydrogen-bond acceptors (Lipinski definition) is 8. The SMILES string of the molecule is CCc1cnc(N2CCC(Oc3ncnc4c(-c5ccc(S(C)(=O)=O)cc5F)cn(C)c34)CC2)nc1. The Morgan fingerprint density at radius 3 is 2.44 bits per heavy atom. The van der Waals surface area contributed by atoms with E-state index < -0.39 is 15.7 Å². The van der Waals surface area contributed by atoms with Gasteiger partial charge in [-0.15, -0.1) is 0 Å². The maximum absolute atomic E-state index is 14.9. The molecular formula is C25H27FN6O3S. The summed E-state index contributed by atoms with van der Waals surface area (Å²) in [5.41, 5.74) is 3.10. The van der Waals surface area contributed by atoms with E-state index >= 15 is 0 Å². The smallest absolute Gasteiger partial charge is 0.242 e. The molecule has 188 valence electrons. The molecular weight excluding hydrogens is 483 g/mol. The van der Waals surface area contributed by atoms with E-state index in [1.54, 1.807) is 6.20 Å². The van der Waals surface area contributed by atoms with E-state index in [1.165, 1.54) is 18.5 Å². The van der Waals surface area contributed by atoms with E-state index in [-0.39, 0.29) is 16.6 Å². The van der Waals surface area contributed by atoms with E-state index in [0.717, 1.165) is 56.2 Å². The summed E-state index contributed by atoms with van der Waals surface area (Å²) in [5, 5.41) is 0. The average molecular weight is 511 g/mol. The molecule has 4 aromatic rings. The van der Waals surface area contributed by atoms with E-state index in [0.29, 0.717) is 22.5 Å². The Kier molecular flexibility index (Phi) is 6.33. The highest BCUT2D eigenvalue weighted by Crippen LogP contribution is 2.35. The van der Waals surface area contributed by atoms with Gasteiger partial charge in [0.05, 0.1) is 4.90 Å². The number of halogens is 1. The van der Waals surface area contributed by atoms with Gasteiger partial charge in [0.25, 0.3) is 0 Å². The van der Waals surface area contributed by atoms with Crippen LogP contribution in [-0.4, -0.2) is 58.4 Å². The molecule has 36 heavy (non-hydrogen) atoms.